The van der Waals surface area contributed by atoms with Crippen LogP contribution in [0.5, 0.6) is 0 Å². The lowest BCUT2D eigenvalue weighted by atomic mass is 10.2. The van der Waals surface area contributed by atoms with Crippen molar-refractivity contribution in [2.75, 3.05) is 38.0 Å². The number of hydrogen-bond donors (Lipinski definition) is 2. The molecular weight excluding hydrogens is 463 g/mol. The third-order valence-electron chi connectivity index (χ3n) is 3.11. The smallest absolute Gasteiger partial charge is 0.308 e. The molecule has 0 aliphatic carbocycles. The number of rotatable bonds is 10. The highest BCUT2D eigenvalue weighted by atomic mass is 35.5. The maximum absolute atomic E-state index is 10.9. The molecule has 1 aromatic rings. The fourth-order valence-electron chi connectivity index (χ4n) is 1.94. The summed E-state index contributed by atoms with van der Waals surface area (Å²) in [5.41, 5.74) is -3.96. The lowest BCUT2D eigenvalue weighted by Crippen LogP contribution is -2.30. The van der Waals surface area contributed by atoms with Gasteiger partial charge in [0.1, 0.15) is 0 Å². The van der Waals surface area contributed by atoms with Crippen molar-refractivity contribution in [2.24, 2.45) is 0 Å². The zero-order valence-electron chi connectivity index (χ0n) is 14.5. The van der Waals surface area contributed by atoms with E-state index in [0.29, 0.717) is 18.3 Å². The second-order valence-electron chi connectivity index (χ2n) is 5.00. The molecule has 0 heterocycles. The number of nitro groups is 3. The Morgan fingerprint density at radius 1 is 0.897 bits per heavy atom. The van der Waals surface area contributed by atoms with Crippen LogP contribution in [0.4, 0.5) is 17.1 Å². The van der Waals surface area contributed by atoms with E-state index >= 15 is 0 Å². The Balaban J connectivity index is 0.000000665. The van der Waals surface area contributed by atoms with Crippen molar-refractivity contribution in [2.45, 2.75) is 4.90 Å². The molecule has 29 heavy (non-hydrogen) atoms. The van der Waals surface area contributed by atoms with E-state index in [1.54, 1.807) is 0 Å². The number of nitro benzene ring substituents is 3. The molecule has 0 fully saturated rings. The van der Waals surface area contributed by atoms with Gasteiger partial charge in [0.15, 0.2) is 0 Å². The lowest BCUT2D eigenvalue weighted by molar-refractivity contribution is -0.407. The fraction of sp³-hybridized carbons (Fsp3) is 0.500. The molecule has 0 radical (unpaired) electrons. The molecule has 0 amide bonds. The van der Waals surface area contributed by atoms with Crippen LogP contribution in [0, 0.1) is 30.3 Å². The number of aliphatic hydroxyl groups excluding tert-OH is 1. The van der Waals surface area contributed by atoms with Gasteiger partial charge in [-0.2, -0.15) is 8.42 Å². The standard InChI is InChI=1S/C6H13Cl2NO.C6H3N3O9S/c7-1-3-9(4-2-8)5-6-10;10-7(11)3-1-4(8(12)13)6(19(16,17)18)5(2-3)9(14)15/h10H,1-6H2;1-2H,(H,16,17,18). The monoisotopic (exact) mass is 478 g/mol. The quantitative estimate of drug-likeness (QED) is 0.212. The minimum Gasteiger partial charge on any atom is -0.395 e. The summed E-state index contributed by atoms with van der Waals surface area (Å²) in [4.78, 5) is 28.1. The average Bonchev–Trinajstić information content (AvgIpc) is 2.60. The van der Waals surface area contributed by atoms with Gasteiger partial charge in [-0.25, -0.2) is 0 Å². The Labute approximate surface area is 173 Å². The summed E-state index contributed by atoms with van der Waals surface area (Å²) in [7, 11) is -5.30. The SMILES string of the molecule is O=[N+]([O-])c1cc([N+](=O)[O-])c(S(=O)(=O)O)c([N+](=O)[O-])c1.OCCN(CCCl)CCCl. The number of hydrogen-bond acceptors (Lipinski definition) is 10. The topological polar surface area (TPSA) is 207 Å². The van der Waals surface area contributed by atoms with E-state index in [4.69, 9.17) is 32.9 Å². The molecule has 0 unspecified atom stereocenters. The van der Waals surface area contributed by atoms with Crippen molar-refractivity contribution in [3.63, 3.8) is 0 Å². The first kappa shape index (κ1) is 26.8. The normalized spacial score (nSPS) is 10.9. The first-order chi connectivity index (χ1) is 13.4. The van der Waals surface area contributed by atoms with E-state index < -0.39 is 46.8 Å². The summed E-state index contributed by atoms with van der Waals surface area (Å²) in [5, 5.41) is 40.2. The number of non-ortho nitro benzene ring substituents is 1. The molecule has 0 spiro atoms. The third kappa shape index (κ3) is 8.80. The second-order valence-corrected chi connectivity index (χ2v) is 7.12. The minimum absolute atomic E-state index is 0.174. The lowest BCUT2D eigenvalue weighted by Gasteiger charge is -2.17. The van der Waals surface area contributed by atoms with Crippen LogP contribution in [-0.2, 0) is 10.1 Å². The van der Waals surface area contributed by atoms with Gasteiger partial charge in [-0.15, -0.1) is 23.2 Å². The van der Waals surface area contributed by atoms with Crippen molar-refractivity contribution in [3.8, 4) is 0 Å². The Morgan fingerprint density at radius 3 is 1.55 bits per heavy atom. The van der Waals surface area contributed by atoms with Crippen LogP contribution in [-0.4, -0.2) is 75.7 Å². The van der Waals surface area contributed by atoms with E-state index in [-0.39, 0.29) is 18.7 Å². The molecule has 0 aliphatic heterocycles. The molecule has 0 atom stereocenters. The van der Waals surface area contributed by atoms with E-state index in [1.807, 2.05) is 4.90 Å². The molecule has 0 aliphatic rings. The largest absolute Gasteiger partial charge is 0.395 e. The summed E-state index contributed by atoms with van der Waals surface area (Å²) < 4.78 is 30.7. The van der Waals surface area contributed by atoms with E-state index in [0.717, 1.165) is 13.1 Å². The van der Waals surface area contributed by atoms with Gasteiger partial charge in [-0.1, -0.05) is 0 Å². The molecule has 0 saturated carbocycles. The zero-order chi connectivity index (χ0) is 22.8. The van der Waals surface area contributed by atoms with Gasteiger partial charge >= 0.3 is 21.5 Å². The first-order valence-corrected chi connectivity index (χ1v) is 9.95. The maximum Gasteiger partial charge on any atom is 0.308 e. The van der Waals surface area contributed by atoms with Crippen LogP contribution >= 0.6 is 23.2 Å². The van der Waals surface area contributed by atoms with Crippen LogP contribution in [0.15, 0.2) is 17.0 Å². The number of alkyl halides is 2. The van der Waals surface area contributed by atoms with Crippen molar-refractivity contribution in [1.29, 1.82) is 0 Å². The van der Waals surface area contributed by atoms with Gasteiger partial charge in [0, 0.05) is 31.4 Å². The fourth-order valence-corrected chi connectivity index (χ4v) is 3.21. The summed E-state index contributed by atoms with van der Waals surface area (Å²) in [6.07, 6.45) is 0. The molecule has 0 saturated heterocycles. The van der Waals surface area contributed by atoms with Gasteiger partial charge in [-0.3, -0.25) is 39.8 Å². The second kappa shape index (κ2) is 12.4. The Morgan fingerprint density at radius 2 is 1.31 bits per heavy atom. The third-order valence-corrected chi connectivity index (χ3v) is 4.39. The molecule has 1 rings (SSSR count). The number of halogens is 2. The summed E-state index contributed by atoms with van der Waals surface area (Å²) in [6, 6.07) is 0.409. The van der Waals surface area contributed by atoms with E-state index in [1.165, 1.54) is 0 Å². The molecule has 164 valence electrons. The predicted octanol–water partition coefficient (Wildman–Crippen LogP) is 1.42. The van der Waals surface area contributed by atoms with Gasteiger partial charge in [0.05, 0.1) is 33.5 Å². The van der Waals surface area contributed by atoms with Crippen molar-refractivity contribution < 1.29 is 32.8 Å². The summed E-state index contributed by atoms with van der Waals surface area (Å²) >= 11 is 11.0. The summed E-state index contributed by atoms with van der Waals surface area (Å²) in [5.74, 6) is 1.19. The van der Waals surface area contributed by atoms with E-state index in [9.17, 15) is 38.8 Å². The van der Waals surface area contributed by atoms with Gasteiger partial charge in [0.2, 0.25) is 4.90 Å². The van der Waals surface area contributed by atoms with Crippen molar-refractivity contribution >= 4 is 50.4 Å². The summed E-state index contributed by atoms with van der Waals surface area (Å²) in [6.45, 7) is 2.44. The molecule has 0 aromatic heterocycles. The van der Waals surface area contributed by atoms with Crippen LogP contribution < -0.4 is 0 Å². The van der Waals surface area contributed by atoms with Gasteiger partial charge in [-0.05, 0) is 0 Å². The van der Waals surface area contributed by atoms with Crippen LogP contribution in [0.3, 0.4) is 0 Å². The zero-order valence-corrected chi connectivity index (χ0v) is 16.8. The minimum atomic E-state index is -5.30. The van der Waals surface area contributed by atoms with E-state index in [2.05, 4.69) is 0 Å². The van der Waals surface area contributed by atoms with Gasteiger partial charge < -0.3 is 5.11 Å². The highest BCUT2D eigenvalue weighted by Crippen LogP contribution is 2.36. The molecule has 0 bridgehead atoms. The Hall–Kier alpha value is -2.17. The Kier molecular flexibility index (Phi) is 11.5. The highest BCUT2D eigenvalue weighted by Gasteiger charge is 2.37. The number of nitrogens with zero attached hydrogens (tertiary/aromatic N) is 4. The Bertz CT molecular complexity index is 802. The molecule has 14 nitrogen and oxygen atoms in total. The number of aliphatic hydroxyl groups is 1. The maximum atomic E-state index is 10.9. The van der Waals surface area contributed by atoms with Crippen LogP contribution in [0.1, 0.15) is 0 Å². The van der Waals surface area contributed by atoms with Crippen LogP contribution in [0.2, 0.25) is 0 Å². The van der Waals surface area contributed by atoms with Gasteiger partial charge in [0.25, 0.3) is 5.69 Å². The van der Waals surface area contributed by atoms with Crippen LogP contribution in [0.25, 0.3) is 0 Å². The van der Waals surface area contributed by atoms with Crippen molar-refractivity contribution in [1.82, 2.24) is 4.90 Å². The first-order valence-electron chi connectivity index (χ1n) is 7.44. The molecule has 17 heteroatoms. The molecule has 1 aromatic carbocycles. The van der Waals surface area contributed by atoms with Crippen molar-refractivity contribution in [3.05, 3.63) is 42.5 Å². The average molecular weight is 479 g/mol. The predicted molar refractivity (Wildman–Crippen MR) is 101 cm³/mol. The highest BCUT2D eigenvalue weighted by molar-refractivity contribution is 7.86. The molecular formula is C12H16Cl2N4O10S. The number of benzene rings is 1. The molecule has 2 N–H and O–H groups in total.